The quantitative estimate of drug-likeness (QED) is 0.487. The number of hydrogen-bond acceptors (Lipinski definition) is 5. The number of carboxylic acid groups (broad SMARTS) is 1. The Morgan fingerprint density at radius 1 is 1.35 bits per heavy atom. The van der Waals surface area contributed by atoms with Gasteiger partial charge in [0.05, 0.1) is 35.6 Å². The average molecular weight is 443 g/mol. The number of aliphatic carboxylic acids is 1. The van der Waals surface area contributed by atoms with Crippen LogP contribution in [0.5, 0.6) is 0 Å². The minimum absolute atomic E-state index is 0.0494. The van der Waals surface area contributed by atoms with Gasteiger partial charge in [-0.05, 0) is 38.2 Å². The molecule has 3 aromatic rings. The lowest BCUT2D eigenvalue weighted by Crippen LogP contribution is -2.30. The van der Waals surface area contributed by atoms with Crippen LogP contribution in [0, 0.1) is 6.92 Å². The number of rotatable bonds is 9. The second-order valence-electron chi connectivity index (χ2n) is 7.95. The van der Waals surface area contributed by atoms with Crippen molar-refractivity contribution in [2.75, 3.05) is 24.7 Å². The molecule has 31 heavy (non-hydrogen) atoms. The number of halogens is 1. The normalized spacial score (nSPS) is 16.3. The van der Waals surface area contributed by atoms with E-state index in [0.717, 1.165) is 60.2 Å². The highest BCUT2D eigenvalue weighted by atomic mass is 35.5. The summed E-state index contributed by atoms with van der Waals surface area (Å²) in [4.78, 5) is 22.1. The Hall–Kier alpha value is -2.64. The molecule has 1 fully saturated rings. The molecule has 1 aromatic carbocycles. The number of aryl methyl sites for hydroxylation is 1. The van der Waals surface area contributed by atoms with Gasteiger partial charge in [0.2, 0.25) is 0 Å². The fourth-order valence-electron chi connectivity index (χ4n) is 4.21. The van der Waals surface area contributed by atoms with Crippen molar-refractivity contribution in [2.24, 2.45) is 0 Å². The number of ether oxygens (including phenoxy) is 1. The fourth-order valence-corrected chi connectivity index (χ4v) is 4.42. The number of hydrogen-bond donors (Lipinski definition) is 1. The Morgan fingerprint density at radius 3 is 3.00 bits per heavy atom. The van der Waals surface area contributed by atoms with Gasteiger partial charge in [0.15, 0.2) is 0 Å². The molecule has 0 spiro atoms. The number of carboxylic acids is 1. The maximum absolute atomic E-state index is 10.6. The Labute approximate surface area is 186 Å². The SMILES string of the molecule is Cc1ccc2c(-n3ccnc3)cc(N3CCC[C@H]3CCCOCCC(=O)O)nc2c1Cl. The summed E-state index contributed by atoms with van der Waals surface area (Å²) in [6.45, 7) is 3.79. The molecule has 1 atom stereocenters. The second kappa shape index (κ2) is 9.66. The average Bonchev–Trinajstić information content (AvgIpc) is 3.44. The van der Waals surface area contributed by atoms with Gasteiger partial charge in [-0.1, -0.05) is 23.7 Å². The van der Waals surface area contributed by atoms with Gasteiger partial charge in [-0.15, -0.1) is 0 Å². The molecular formula is C23H27ClN4O3. The van der Waals surface area contributed by atoms with Gasteiger partial charge in [0.1, 0.15) is 5.82 Å². The van der Waals surface area contributed by atoms with Gasteiger partial charge in [0, 0.05) is 43.0 Å². The van der Waals surface area contributed by atoms with Crippen molar-refractivity contribution >= 4 is 34.3 Å². The Bertz CT molecular complexity index is 1050. The second-order valence-corrected chi connectivity index (χ2v) is 8.33. The van der Waals surface area contributed by atoms with Crippen LogP contribution < -0.4 is 4.90 Å². The van der Waals surface area contributed by atoms with Crippen LogP contribution in [0.2, 0.25) is 5.02 Å². The molecule has 2 aromatic heterocycles. The molecule has 0 amide bonds. The lowest BCUT2D eigenvalue weighted by molar-refractivity contribution is -0.138. The van der Waals surface area contributed by atoms with E-state index in [1.807, 2.05) is 23.8 Å². The number of anilines is 1. The number of nitrogens with zero attached hydrogens (tertiary/aromatic N) is 4. The van der Waals surface area contributed by atoms with E-state index in [-0.39, 0.29) is 13.0 Å². The minimum atomic E-state index is -0.827. The standard InChI is InChI=1S/C23H27ClN4O3/c1-16-6-7-18-19(27-11-9-25-15-27)14-20(26-23(18)22(16)24)28-10-2-4-17(28)5-3-12-31-13-8-21(29)30/h6-7,9,11,14-15,17H,2-5,8,10,12-13H2,1H3,(H,29,30)/t17-/m0/s1. The van der Waals surface area contributed by atoms with Crippen molar-refractivity contribution in [3.05, 3.63) is 47.5 Å². The molecule has 164 valence electrons. The molecule has 0 aliphatic carbocycles. The molecule has 4 rings (SSSR count). The van der Waals surface area contributed by atoms with Crippen LogP contribution in [0.3, 0.4) is 0 Å². The summed E-state index contributed by atoms with van der Waals surface area (Å²) in [5, 5.41) is 10.4. The van der Waals surface area contributed by atoms with E-state index in [4.69, 9.17) is 26.4 Å². The molecule has 1 N–H and O–H groups in total. The number of carbonyl (C=O) groups is 1. The molecule has 1 saturated heterocycles. The minimum Gasteiger partial charge on any atom is -0.481 e. The first-order valence-electron chi connectivity index (χ1n) is 10.7. The highest BCUT2D eigenvalue weighted by Gasteiger charge is 2.26. The van der Waals surface area contributed by atoms with E-state index in [0.29, 0.717) is 17.7 Å². The lowest BCUT2D eigenvalue weighted by Gasteiger charge is -2.27. The molecule has 3 heterocycles. The number of aromatic nitrogens is 3. The molecule has 7 nitrogen and oxygen atoms in total. The Balaban J connectivity index is 1.56. The van der Waals surface area contributed by atoms with Crippen molar-refractivity contribution in [2.45, 2.75) is 45.1 Å². The van der Waals surface area contributed by atoms with E-state index in [9.17, 15) is 4.79 Å². The molecule has 1 aliphatic rings. The molecule has 0 unspecified atom stereocenters. The molecule has 8 heteroatoms. The van der Waals surface area contributed by atoms with Crippen LogP contribution in [0.25, 0.3) is 16.6 Å². The first-order chi connectivity index (χ1) is 15.0. The zero-order valence-electron chi connectivity index (χ0n) is 17.6. The van der Waals surface area contributed by atoms with Gasteiger partial charge in [0.25, 0.3) is 0 Å². The molecule has 0 bridgehead atoms. The largest absolute Gasteiger partial charge is 0.481 e. The van der Waals surface area contributed by atoms with E-state index >= 15 is 0 Å². The number of imidazole rings is 1. The van der Waals surface area contributed by atoms with Crippen molar-refractivity contribution < 1.29 is 14.6 Å². The third kappa shape index (κ3) is 4.83. The van der Waals surface area contributed by atoms with E-state index < -0.39 is 5.97 Å². The van der Waals surface area contributed by atoms with Gasteiger partial charge >= 0.3 is 5.97 Å². The number of fused-ring (bicyclic) bond motifs is 1. The third-order valence-corrected chi connectivity index (χ3v) is 6.29. The van der Waals surface area contributed by atoms with E-state index in [1.165, 1.54) is 0 Å². The van der Waals surface area contributed by atoms with Crippen molar-refractivity contribution in [3.63, 3.8) is 0 Å². The fraction of sp³-hybridized carbons (Fsp3) is 0.435. The summed E-state index contributed by atoms with van der Waals surface area (Å²) >= 11 is 6.66. The van der Waals surface area contributed by atoms with Gasteiger partial charge in [-0.25, -0.2) is 9.97 Å². The molecular weight excluding hydrogens is 416 g/mol. The topological polar surface area (TPSA) is 80.5 Å². The van der Waals surface area contributed by atoms with Crippen molar-refractivity contribution in [1.29, 1.82) is 0 Å². The van der Waals surface area contributed by atoms with E-state index in [2.05, 4.69) is 22.0 Å². The highest BCUT2D eigenvalue weighted by molar-refractivity contribution is 6.36. The van der Waals surface area contributed by atoms with Crippen molar-refractivity contribution in [1.82, 2.24) is 14.5 Å². The van der Waals surface area contributed by atoms with E-state index in [1.54, 1.807) is 12.5 Å². The van der Waals surface area contributed by atoms with Gasteiger partial charge in [-0.2, -0.15) is 0 Å². The van der Waals surface area contributed by atoms with Crippen LogP contribution in [-0.4, -0.2) is 51.4 Å². The smallest absolute Gasteiger partial charge is 0.305 e. The lowest BCUT2D eigenvalue weighted by atomic mass is 10.1. The molecule has 0 saturated carbocycles. The first-order valence-corrected chi connectivity index (χ1v) is 11.1. The number of pyridine rings is 1. The first kappa shape index (κ1) is 21.6. The predicted octanol–water partition coefficient (Wildman–Crippen LogP) is 4.62. The van der Waals surface area contributed by atoms with Crippen LogP contribution in [0.4, 0.5) is 5.82 Å². The maximum Gasteiger partial charge on any atom is 0.305 e. The molecule has 1 aliphatic heterocycles. The van der Waals surface area contributed by atoms with Crippen LogP contribution in [-0.2, 0) is 9.53 Å². The maximum atomic E-state index is 10.6. The third-order valence-electron chi connectivity index (χ3n) is 5.82. The summed E-state index contributed by atoms with van der Waals surface area (Å²) in [6, 6.07) is 6.60. The van der Waals surface area contributed by atoms with Crippen LogP contribution >= 0.6 is 11.6 Å². The Kier molecular flexibility index (Phi) is 6.73. The Morgan fingerprint density at radius 2 is 2.23 bits per heavy atom. The highest BCUT2D eigenvalue weighted by Crippen LogP contribution is 2.35. The van der Waals surface area contributed by atoms with Crippen molar-refractivity contribution in [3.8, 4) is 5.69 Å². The van der Waals surface area contributed by atoms with Gasteiger partial charge < -0.3 is 19.3 Å². The van der Waals surface area contributed by atoms with Crippen LogP contribution in [0.1, 0.15) is 37.7 Å². The van der Waals surface area contributed by atoms with Gasteiger partial charge in [-0.3, -0.25) is 4.79 Å². The predicted molar refractivity (Wildman–Crippen MR) is 121 cm³/mol. The number of benzene rings is 1. The zero-order valence-corrected chi connectivity index (χ0v) is 18.4. The summed E-state index contributed by atoms with van der Waals surface area (Å²) in [5.74, 6) is 0.102. The summed E-state index contributed by atoms with van der Waals surface area (Å²) in [5.41, 5.74) is 2.83. The summed E-state index contributed by atoms with van der Waals surface area (Å²) in [6.07, 6.45) is 9.64. The molecule has 0 radical (unpaired) electrons. The van der Waals surface area contributed by atoms with Crippen LogP contribution in [0.15, 0.2) is 36.9 Å². The zero-order chi connectivity index (χ0) is 21.8. The summed E-state index contributed by atoms with van der Waals surface area (Å²) < 4.78 is 7.46. The summed E-state index contributed by atoms with van der Waals surface area (Å²) in [7, 11) is 0. The monoisotopic (exact) mass is 442 g/mol.